The summed E-state index contributed by atoms with van der Waals surface area (Å²) in [5.41, 5.74) is 1.89. The Morgan fingerprint density at radius 1 is 1.22 bits per heavy atom. The van der Waals surface area contributed by atoms with Crippen LogP contribution in [0.5, 0.6) is 0 Å². The molecule has 136 valence electrons. The summed E-state index contributed by atoms with van der Waals surface area (Å²) in [6.07, 6.45) is 1.98. The minimum absolute atomic E-state index is 0.385. The third-order valence-electron chi connectivity index (χ3n) is 4.98. The van der Waals surface area contributed by atoms with Gasteiger partial charge in [-0.15, -0.1) is 0 Å². The molecule has 1 aliphatic heterocycles. The molecule has 1 atom stereocenters. The lowest BCUT2D eigenvalue weighted by atomic mass is 10.2. The zero-order chi connectivity index (χ0) is 18.5. The Morgan fingerprint density at radius 2 is 2.11 bits per heavy atom. The van der Waals surface area contributed by atoms with Gasteiger partial charge in [-0.25, -0.2) is 4.79 Å². The number of hydrogen-bond donors (Lipinski definition) is 2. The third-order valence-corrected chi connectivity index (χ3v) is 5.21. The second-order valence-corrected chi connectivity index (χ2v) is 7.18. The lowest BCUT2D eigenvalue weighted by molar-refractivity contribution is 0.198. The van der Waals surface area contributed by atoms with Crippen LogP contribution in [0.15, 0.2) is 47.4 Å². The highest BCUT2D eigenvalue weighted by Gasteiger charge is 2.24. The van der Waals surface area contributed by atoms with Gasteiger partial charge in [-0.05, 0) is 42.8 Å². The van der Waals surface area contributed by atoms with Crippen molar-refractivity contribution in [1.29, 1.82) is 0 Å². The number of benzene rings is 2. The molecule has 3 heterocycles. The maximum atomic E-state index is 13.0. The van der Waals surface area contributed by atoms with Gasteiger partial charge in [0.05, 0.1) is 29.0 Å². The third kappa shape index (κ3) is 2.67. The normalized spacial score (nSPS) is 17.3. The molecule has 0 bridgehead atoms. The van der Waals surface area contributed by atoms with Gasteiger partial charge in [-0.3, -0.25) is 9.67 Å². The second-order valence-electron chi connectivity index (χ2n) is 6.74. The molecule has 7 nitrogen and oxygen atoms in total. The number of nitrogens with zero attached hydrogens (tertiary/aromatic N) is 4. The van der Waals surface area contributed by atoms with Crippen molar-refractivity contribution < 1.29 is 5.11 Å². The largest absolute Gasteiger partial charge is 0.391 e. The molecule has 5 rings (SSSR count). The van der Waals surface area contributed by atoms with Crippen LogP contribution in [0, 0.1) is 0 Å². The van der Waals surface area contributed by atoms with Crippen molar-refractivity contribution in [2.45, 2.75) is 12.5 Å². The number of β-amino-alcohol motifs (C(OH)–C–C–N with tert-alkyl or cyclic N) is 1. The van der Waals surface area contributed by atoms with Gasteiger partial charge in [-0.1, -0.05) is 11.6 Å². The highest BCUT2D eigenvalue weighted by atomic mass is 35.5. The van der Waals surface area contributed by atoms with E-state index in [0.29, 0.717) is 41.6 Å². The standard InChI is InChI=1S/C19H16ClN5O2/c20-12-1-3-15-17(8-12)25(13-2-4-16-11(7-13)9-21-23-16)19(27)22-18(15)24-6-5-14(26)10-24/h1-4,7-9,14,26H,5-6,10H2,(H,21,23)/t14-/m1/s1. The molecule has 0 aliphatic carbocycles. The Labute approximate surface area is 158 Å². The molecule has 0 unspecified atom stereocenters. The summed E-state index contributed by atoms with van der Waals surface area (Å²) in [5, 5.41) is 19.1. The fraction of sp³-hybridized carbons (Fsp3) is 0.211. The van der Waals surface area contributed by atoms with Gasteiger partial charge in [0.1, 0.15) is 5.82 Å². The van der Waals surface area contributed by atoms with E-state index in [4.69, 9.17) is 11.6 Å². The van der Waals surface area contributed by atoms with E-state index in [0.717, 1.165) is 16.3 Å². The fourth-order valence-electron chi connectivity index (χ4n) is 3.68. The molecule has 2 N–H and O–H groups in total. The van der Waals surface area contributed by atoms with E-state index in [1.54, 1.807) is 22.9 Å². The van der Waals surface area contributed by atoms with Crippen LogP contribution in [0.1, 0.15) is 6.42 Å². The smallest absolute Gasteiger partial charge is 0.354 e. The number of H-pyrrole nitrogens is 1. The minimum Gasteiger partial charge on any atom is -0.391 e. The lowest BCUT2D eigenvalue weighted by Gasteiger charge is -2.20. The zero-order valence-corrected chi connectivity index (χ0v) is 15.0. The number of nitrogens with one attached hydrogen (secondary N) is 1. The number of halogens is 1. The monoisotopic (exact) mass is 381 g/mol. The van der Waals surface area contributed by atoms with Crippen molar-refractivity contribution in [1.82, 2.24) is 19.7 Å². The molecule has 0 spiro atoms. The highest BCUT2D eigenvalue weighted by Crippen LogP contribution is 2.30. The maximum Gasteiger partial charge on any atom is 0.354 e. The number of fused-ring (bicyclic) bond motifs is 2. The molecular weight excluding hydrogens is 366 g/mol. The number of hydrogen-bond acceptors (Lipinski definition) is 5. The molecule has 27 heavy (non-hydrogen) atoms. The Hall–Kier alpha value is -2.90. The quantitative estimate of drug-likeness (QED) is 0.557. The molecular formula is C19H16ClN5O2. The number of aromatic nitrogens is 4. The first kappa shape index (κ1) is 16.3. The summed E-state index contributed by atoms with van der Waals surface area (Å²) in [6.45, 7) is 1.13. The number of aliphatic hydroxyl groups is 1. The van der Waals surface area contributed by atoms with E-state index in [9.17, 15) is 9.90 Å². The van der Waals surface area contributed by atoms with Crippen molar-refractivity contribution in [3.8, 4) is 5.69 Å². The summed E-state index contributed by atoms with van der Waals surface area (Å²) >= 11 is 6.24. The van der Waals surface area contributed by atoms with Gasteiger partial charge in [0.2, 0.25) is 0 Å². The highest BCUT2D eigenvalue weighted by molar-refractivity contribution is 6.31. The summed E-state index contributed by atoms with van der Waals surface area (Å²) < 4.78 is 1.56. The number of rotatable bonds is 2. The number of aliphatic hydroxyl groups excluding tert-OH is 1. The SMILES string of the molecule is O=c1nc(N2CC[C@@H](O)C2)c2ccc(Cl)cc2n1-c1ccc2[nH]ncc2c1. The molecule has 2 aromatic heterocycles. The van der Waals surface area contributed by atoms with Gasteiger partial charge >= 0.3 is 5.69 Å². The molecule has 4 aromatic rings. The first-order chi connectivity index (χ1) is 13.1. The molecule has 0 saturated carbocycles. The summed E-state index contributed by atoms with van der Waals surface area (Å²) in [7, 11) is 0. The van der Waals surface area contributed by atoms with Crippen LogP contribution >= 0.6 is 11.6 Å². The molecule has 1 fully saturated rings. The van der Waals surface area contributed by atoms with Crippen LogP contribution in [-0.4, -0.2) is 44.0 Å². The first-order valence-corrected chi connectivity index (χ1v) is 9.07. The summed E-state index contributed by atoms with van der Waals surface area (Å²) in [4.78, 5) is 19.3. The van der Waals surface area contributed by atoms with Crippen molar-refractivity contribution in [3.63, 3.8) is 0 Å². The Balaban J connectivity index is 1.78. The van der Waals surface area contributed by atoms with Crippen molar-refractivity contribution >= 4 is 39.2 Å². The molecule has 0 amide bonds. The van der Waals surface area contributed by atoms with Gasteiger partial charge < -0.3 is 10.0 Å². The second kappa shape index (κ2) is 6.07. The Morgan fingerprint density at radius 3 is 2.93 bits per heavy atom. The van der Waals surface area contributed by atoms with Crippen LogP contribution in [0.4, 0.5) is 5.82 Å². The Kier molecular flexibility index (Phi) is 3.66. The predicted octanol–water partition coefficient (Wildman–Crippen LogP) is 2.49. The predicted molar refractivity (Wildman–Crippen MR) is 105 cm³/mol. The zero-order valence-electron chi connectivity index (χ0n) is 14.3. The van der Waals surface area contributed by atoms with Crippen molar-refractivity contribution in [3.05, 3.63) is 58.1 Å². The van der Waals surface area contributed by atoms with Crippen LogP contribution in [0.2, 0.25) is 5.02 Å². The number of anilines is 1. The van der Waals surface area contributed by atoms with Crippen molar-refractivity contribution in [2.75, 3.05) is 18.0 Å². The van der Waals surface area contributed by atoms with Gasteiger partial charge in [-0.2, -0.15) is 10.1 Å². The fourth-order valence-corrected chi connectivity index (χ4v) is 3.84. The summed E-state index contributed by atoms with van der Waals surface area (Å²) in [5.74, 6) is 0.587. The molecule has 0 radical (unpaired) electrons. The van der Waals surface area contributed by atoms with E-state index in [-0.39, 0.29) is 5.69 Å². The lowest BCUT2D eigenvalue weighted by Crippen LogP contribution is -2.29. The average molecular weight is 382 g/mol. The van der Waals surface area contributed by atoms with E-state index < -0.39 is 6.10 Å². The Bertz CT molecular complexity index is 1230. The van der Waals surface area contributed by atoms with Gasteiger partial charge in [0.15, 0.2) is 0 Å². The van der Waals surface area contributed by atoms with Crippen molar-refractivity contribution in [2.24, 2.45) is 0 Å². The van der Waals surface area contributed by atoms with Gasteiger partial charge in [0, 0.05) is 28.9 Å². The average Bonchev–Trinajstić information content (AvgIpc) is 3.29. The molecule has 1 saturated heterocycles. The van der Waals surface area contributed by atoms with E-state index in [1.807, 2.05) is 29.2 Å². The molecule has 2 aromatic carbocycles. The van der Waals surface area contributed by atoms with Crippen LogP contribution in [0.25, 0.3) is 27.5 Å². The van der Waals surface area contributed by atoms with E-state index >= 15 is 0 Å². The minimum atomic E-state index is -0.403. The first-order valence-electron chi connectivity index (χ1n) is 8.69. The molecule has 1 aliphatic rings. The number of aromatic amines is 1. The van der Waals surface area contributed by atoms with Crippen LogP contribution < -0.4 is 10.6 Å². The topological polar surface area (TPSA) is 87.0 Å². The van der Waals surface area contributed by atoms with Gasteiger partial charge in [0.25, 0.3) is 0 Å². The maximum absolute atomic E-state index is 13.0. The van der Waals surface area contributed by atoms with Crippen LogP contribution in [-0.2, 0) is 0 Å². The molecule has 8 heteroatoms. The van der Waals surface area contributed by atoms with E-state index in [1.165, 1.54) is 0 Å². The van der Waals surface area contributed by atoms with E-state index in [2.05, 4.69) is 15.2 Å². The summed E-state index contributed by atoms with van der Waals surface area (Å²) in [6, 6.07) is 11.1. The van der Waals surface area contributed by atoms with Crippen LogP contribution in [0.3, 0.4) is 0 Å².